The zero-order chi connectivity index (χ0) is 11.4. The molecule has 1 rings (SSSR count). The number of hydrogen-bond acceptors (Lipinski definition) is 1. The summed E-state index contributed by atoms with van der Waals surface area (Å²) in [5.74, 6) is 0.141. The lowest BCUT2D eigenvalue weighted by Gasteiger charge is -2.04. The number of halogens is 1. The normalized spacial score (nSPS) is 10.1. The van der Waals surface area contributed by atoms with Gasteiger partial charge in [-0.15, -0.1) is 0 Å². The van der Waals surface area contributed by atoms with Gasteiger partial charge in [-0.05, 0) is 25.0 Å². The standard InChI is InChI=1S/C13H15BrO/c1-4-9(2)7-13(15)11-6-5-10(3)12(14)8-11/h5-6,8H,2,4,7H2,1,3H3. The molecule has 0 spiro atoms. The molecule has 1 aromatic rings. The molecule has 0 heterocycles. The van der Waals surface area contributed by atoms with Gasteiger partial charge in [-0.2, -0.15) is 0 Å². The molecule has 0 aliphatic carbocycles. The number of aryl methyl sites for hydroxylation is 1. The molecular formula is C13H15BrO. The van der Waals surface area contributed by atoms with Crippen molar-refractivity contribution in [1.82, 2.24) is 0 Å². The fourth-order valence-corrected chi connectivity index (χ4v) is 1.60. The van der Waals surface area contributed by atoms with Gasteiger partial charge in [0.05, 0.1) is 0 Å². The van der Waals surface area contributed by atoms with Crippen LogP contribution in [0.5, 0.6) is 0 Å². The van der Waals surface area contributed by atoms with Gasteiger partial charge in [0, 0.05) is 16.5 Å². The number of rotatable bonds is 4. The van der Waals surface area contributed by atoms with Crippen LogP contribution in [0.15, 0.2) is 34.8 Å². The van der Waals surface area contributed by atoms with E-state index in [9.17, 15) is 4.79 Å². The topological polar surface area (TPSA) is 17.1 Å². The van der Waals surface area contributed by atoms with Crippen molar-refractivity contribution in [2.45, 2.75) is 26.7 Å². The van der Waals surface area contributed by atoms with E-state index < -0.39 is 0 Å². The average Bonchev–Trinajstić information content (AvgIpc) is 2.21. The summed E-state index contributed by atoms with van der Waals surface area (Å²) in [6.45, 7) is 7.86. The lowest BCUT2D eigenvalue weighted by molar-refractivity contribution is 0.0992. The van der Waals surface area contributed by atoms with E-state index in [0.717, 1.165) is 27.6 Å². The van der Waals surface area contributed by atoms with Gasteiger partial charge in [-0.1, -0.05) is 47.1 Å². The van der Waals surface area contributed by atoms with Crippen LogP contribution in [0.25, 0.3) is 0 Å². The number of carbonyl (C=O) groups is 1. The SMILES string of the molecule is C=C(CC)CC(=O)c1ccc(C)c(Br)c1. The summed E-state index contributed by atoms with van der Waals surface area (Å²) in [6, 6.07) is 5.69. The monoisotopic (exact) mass is 266 g/mol. The van der Waals surface area contributed by atoms with Gasteiger partial charge in [-0.25, -0.2) is 0 Å². The summed E-state index contributed by atoms with van der Waals surface area (Å²) >= 11 is 3.42. The quantitative estimate of drug-likeness (QED) is 0.587. The van der Waals surface area contributed by atoms with E-state index in [-0.39, 0.29) is 5.78 Å². The second-order valence-electron chi connectivity index (χ2n) is 3.67. The lowest BCUT2D eigenvalue weighted by atomic mass is 10.0. The van der Waals surface area contributed by atoms with Crippen molar-refractivity contribution in [3.8, 4) is 0 Å². The Morgan fingerprint density at radius 3 is 2.67 bits per heavy atom. The first-order chi connectivity index (χ1) is 7.04. The summed E-state index contributed by atoms with van der Waals surface area (Å²) in [4.78, 5) is 11.8. The van der Waals surface area contributed by atoms with Crippen molar-refractivity contribution in [2.24, 2.45) is 0 Å². The van der Waals surface area contributed by atoms with E-state index in [1.807, 2.05) is 32.0 Å². The molecule has 0 saturated carbocycles. The maximum Gasteiger partial charge on any atom is 0.166 e. The summed E-state index contributed by atoms with van der Waals surface area (Å²) in [5.41, 5.74) is 2.87. The molecule has 0 bridgehead atoms. The van der Waals surface area contributed by atoms with Crippen LogP contribution in [0, 0.1) is 6.92 Å². The molecule has 80 valence electrons. The van der Waals surface area contributed by atoms with E-state index in [4.69, 9.17) is 0 Å². The Balaban J connectivity index is 2.83. The number of Topliss-reactive ketones (excluding diaryl/α,β-unsaturated/α-hetero) is 1. The predicted molar refractivity (Wildman–Crippen MR) is 67.3 cm³/mol. The van der Waals surface area contributed by atoms with Crippen LogP contribution in [-0.2, 0) is 0 Å². The molecule has 0 aliphatic rings. The molecular weight excluding hydrogens is 252 g/mol. The minimum atomic E-state index is 0.141. The van der Waals surface area contributed by atoms with Gasteiger partial charge in [0.1, 0.15) is 0 Å². The fourth-order valence-electron chi connectivity index (χ4n) is 1.22. The van der Waals surface area contributed by atoms with Crippen molar-refractivity contribution < 1.29 is 4.79 Å². The molecule has 0 unspecified atom stereocenters. The molecule has 0 atom stereocenters. The van der Waals surface area contributed by atoms with E-state index in [0.29, 0.717) is 6.42 Å². The van der Waals surface area contributed by atoms with E-state index in [1.54, 1.807) is 0 Å². The van der Waals surface area contributed by atoms with Crippen molar-refractivity contribution in [3.63, 3.8) is 0 Å². The summed E-state index contributed by atoms with van der Waals surface area (Å²) in [7, 11) is 0. The van der Waals surface area contributed by atoms with Gasteiger partial charge in [0.25, 0.3) is 0 Å². The average molecular weight is 267 g/mol. The zero-order valence-corrected chi connectivity index (χ0v) is 10.7. The highest BCUT2D eigenvalue weighted by atomic mass is 79.9. The van der Waals surface area contributed by atoms with Crippen LogP contribution in [0.3, 0.4) is 0 Å². The molecule has 2 heteroatoms. The van der Waals surface area contributed by atoms with Gasteiger partial charge < -0.3 is 0 Å². The van der Waals surface area contributed by atoms with Crippen molar-refractivity contribution in [2.75, 3.05) is 0 Å². The summed E-state index contributed by atoms with van der Waals surface area (Å²) < 4.78 is 0.982. The molecule has 0 aromatic heterocycles. The van der Waals surface area contributed by atoms with Crippen molar-refractivity contribution in [3.05, 3.63) is 46.0 Å². The zero-order valence-electron chi connectivity index (χ0n) is 9.14. The third-order valence-corrected chi connectivity index (χ3v) is 3.26. The van der Waals surface area contributed by atoms with E-state index >= 15 is 0 Å². The highest BCUT2D eigenvalue weighted by molar-refractivity contribution is 9.10. The fraction of sp³-hybridized carbons (Fsp3) is 0.308. The van der Waals surface area contributed by atoms with Crippen LogP contribution < -0.4 is 0 Å². The molecule has 1 nitrogen and oxygen atoms in total. The molecule has 0 fully saturated rings. The first-order valence-corrected chi connectivity index (χ1v) is 5.80. The maximum absolute atomic E-state index is 11.8. The van der Waals surface area contributed by atoms with Crippen LogP contribution >= 0.6 is 15.9 Å². The lowest BCUT2D eigenvalue weighted by Crippen LogP contribution is -2.00. The Labute approximate surface area is 99.3 Å². The predicted octanol–water partition coefficient (Wildman–Crippen LogP) is 4.30. The first kappa shape index (κ1) is 12.2. The molecule has 0 N–H and O–H groups in total. The van der Waals surface area contributed by atoms with Crippen LogP contribution in [-0.4, -0.2) is 5.78 Å². The maximum atomic E-state index is 11.8. The van der Waals surface area contributed by atoms with E-state index in [2.05, 4.69) is 22.5 Å². The number of ketones is 1. The second kappa shape index (κ2) is 5.26. The third-order valence-electron chi connectivity index (χ3n) is 2.40. The molecule has 0 amide bonds. The summed E-state index contributed by atoms with van der Waals surface area (Å²) in [5, 5.41) is 0. The molecule has 1 aromatic carbocycles. The van der Waals surface area contributed by atoms with Crippen LogP contribution in [0.2, 0.25) is 0 Å². The highest BCUT2D eigenvalue weighted by Gasteiger charge is 2.08. The number of benzene rings is 1. The van der Waals surface area contributed by atoms with Crippen LogP contribution in [0.4, 0.5) is 0 Å². The molecule has 0 saturated heterocycles. The first-order valence-electron chi connectivity index (χ1n) is 5.00. The molecule has 0 aliphatic heterocycles. The summed E-state index contributed by atoms with van der Waals surface area (Å²) in [6.07, 6.45) is 1.31. The second-order valence-corrected chi connectivity index (χ2v) is 4.52. The number of carbonyl (C=O) groups excluding carboxylic acids is 1. The number of allylic oxidation sites excluding steroid dienone is 1. The largest absolute Gasteiger partial charge is 0.294 e. The minimum Gasteiger partial charge on any atom is -0.294 e. The van der Waals surface area contributed by atoms with Crippen molar-refractivity contribution >= 4 is 21.7 Å². The Kier molecular flexibility index (Phi) is 4.28. The highest BCUT2D eigenvalue weighted by Crippen LogP contribution is 2.19. The van der Waals surface area contributed by atoms with E-state index in [1.165, 1.54) is 0 Å². The Morgan fingerprint density at radius 2 is 2.13 bits per heavy atom. The Morgan fingerprint density at radius 1 is 1.47 bits per heavy atom. The number of hydrogen-bond donors (Lipinski definition) is 0. The molecule has 15 heavy (non-hydrogen) atoms. The third kappa shape index (κ3) is 3.31. The molecule has 0 radical (unpaired) electrons. The van der Waals surface area contributed by atoms with Gasteiger partial charge in [-0.3, -0.25) is 4.79 Å². The van der Waals surface area contributed by atoms with Crippen LogP contribution in [0.1, 0.15) is 35.7 Å². The van der Waals surface area contributed by atoms with Gasteiger partial charge >= 0.3 is 0 Å². The Bertz CT molecular complexity index is 394. The van der Waals surface area contributed by atoms with Gasteiger partial charge in [0.15, 0.2) is 5.78 Å². The smallest absolute Gasteiger partial charge is 0.166 e. The minimum absolute atomic E-state index is 0.141. The Hall–Kier alpha value is -0.890. The van der Waals surface area contributed by atoms with Gasteiger partial charge in [0.2, 0.25) is 0 Å². The van der Waals surface area contributed by atoms with Crippen molar-refractivity contribution in [1.29, 1.82) is 0 Å².